The topological polar surface area (TPSA) is 12.4 Å². The molecule has 0 saturated heterocycles. The number of allylic oxidation sites excluding steroid dienone is 5. The number of aliphatic imine (C=N–C) groups is 1. The molecule has 0 spiro atoms. The molecule has 68 valence electrons. The zero-order valence-electron chi connectivity index (χ0n) is 7.80. The summed E-state index contributed by atoms with van der Waals surface area (Å²) in [5.41, 5.74) is 2.32. The highest BCUT2D eigenvalue weighted by Gasteiger charge is 1.95. The summed E-state index contributed by atoms with van der Waals surface area (Å²) in [5.74, 6) is 0. The molecule has 0 atom stereocenters. The van der Waals surface area contributed by atoms with Crippen molar-refractivity contribution in [3.05, 3.63) is 66.4 Å². The maximum Gasteiger partial charge on any atom is 0.0346 e. The fraction of sp³-hybridized carbons (Fsp3) is 0. The second kappa shape index (κ2) is 4.38. The fourth-order valence-electron chi connectivity index (χ4n) is 1.29. The molecule has 0 fully saturated rings. The van der Waals surface area contributed by atoms with Crippen LogP contribution in [0.5, 0.6) is 0 Å². The van der Waals surface area contributed by atoms with Crippen molar-refractivity contribution >= 4 is 11.8 Å². The number of hydrogen-bond donors (Lipinski definition) is 0. The normalized spacial score (nSPS) is 14.7. The SMILES string of the molecule is C1=CC=C(c2ccccc2)C=NC=C1. The van der Waals surface area contributed by atoms with E-state index in [1.807, 2.05) is 42.6 Å². The van der Waals surface area contributed by atoms with Gasteiger partial charge in [0.15, 0.2) is 0 Å². The van der Waals surface area contributed by atoms with Crippen LogP contribution in [-0.2, 0) is 0 Å². The van der Waals surface area contributed by atoms with Crippen molar-refractivity contribution in [2.75, 3.05) is 0 Å². The Bertz CT molecular complexity index is 408. The monoisotopic (exact) mass is 181 g/mol. The average molecular weight is 181 g/mol. The molecule has 0 aliphatic carbocycles. The third-order valence-corrected chi connectivity index (χ3v) is 1.99. The summed E-state index contributed by atoms with van der Waals surface area (Å²) in [5, 5.41) is 0. The van der Waals surface area contributed by atoms with E-state index in [1.165, 1.54) is 5.56 Å². The van der Waals surface area contributed by atoms with Crippen LogP contribution in [-0.4, -0.2) is 6.21 Å². The van der Waals surface area contributed by atoms with Crippen LogP contribution in [0.25, 0.3) is 5.57 Å². The smallest absolute Gasteiger partial charge is 0.0346 e. The summed E-state index contributed by atoms with van der Waals surface area (Å²) in [6.45, 7) is 0. The molecule has 0 radical (unpaired) electrons. The number of benzene rings is 1. The standard InChI is InChI=1S/C13H11N/c1-3-7-12(8-4-1)13-9-5-2-6-10-14-11-13/h1-11H. The summed E-state index contributed by atoms with van der Waals surface area (Å²) >= 11 is 0. The minimum absolute atomic E-state index is 1.13. The summed E-state index contributed by atoms with van der Waals surface area (Å²) in [6.07, 6.45) is 11.6. The molecule has 1 aliphatic rings. The first-order valence-corrected chi connectivity index (χ1v) is 4.59. The Morgan fingerprint density at radius 3 is 2.57 bits per heavy atom. The van der Waals surface area contributed by atoms with Gasteiger partial charge in [-0.15, -0.1) is 0 Å². The predicted molar refractivity (Wildman–Crippen MR) is 61.2 cm³/mol. The van der Waals surface area contributed by atoms with Gasteiger partial charge in [0.25, 0.3) is 0 Å². The van der Waals surface area contributed by atoms with Crippen molar-refractivity contribution in [3.63, 3.8) is 0 Å². The van der Waals surface area contributed by atoms with Crippen molar-refractivity contribution < 1.29 is 0 Å². The van der Waals surface area contributed by atoms with E-state index in [0.717, 1.165) is 5.57 Å². The molecule has 0 bridgehead atoms. The Morgan fingerprint density at radius 1 is 0.857 bits per heavy atom. The van der Waals surface area contributed by atoms with Gasteiger partial charge >= 0.3 is 0 Å². The third kappa shape index (κ3) is 2.07. The maximum atomic E-state index is 4.16. The average Bonchev–Trinajstić information content (AvgIpc) is 2.18. The van der Waals surface area contributed by atoms with E-state index >= 15 is 0 Å². The van der Waals surface area contributed by atoms with E-state index in [1.54, 1.807) is 6.20 Å². The van der Waals surface area contributed by atoms with Gasteiger partial charge < -0.3 is 0 Å². The molecule has 2 rings (SSSR count). The molecule has 1 aromatic rings. The fourth-order valence-corrected chi connectivity index (χ4v) is 1.29. The zero-order valence-corrected chi connectivity index (χ0v) is 7.80. The van der Waals surface area contributed by atoms with Crippen LogP contribution < -0.4 is 0 Å². The molecule has 0 amide bonds. The highest BCUT2D eigenvalue weighted by molar-refractivity contribution is 6.10. The lowest BCUT2D eigenvalue weighted by Crippen LogP contribution is -1.85. The van der Waals surface area contributed by atoms with Gasteiger partial charge in [-0.05, 0) is 17.2 Å². The predicted octanol–water partition coefficient (Wildman–Crippen LogP) is 3.22. The van der Waals surface area contributed by atoms with E-state index < -0.39 is 0 Å². The Labute approximate surface area is 83.8 Å². The van der Waals surface area contributed by atoms with Gasteiger partial charge in [-0.25, -0.2) is 0 Å². The van der Waals surface area contributed by atoms with Crippen molar-refractivity contribution in [2.45, 2.75) is 0 Å². The van der Waals surface area contributed by atoms with Gasteiger partial charge in [0, 0.05) is 12.4 Å². The van der Waals surface area contributed by atoms with Crippen LogP contribution in [0.1, 0.15) is 5.56 Å². The van der Waals surface area contributed by atoms with Gasteiger partial charge in [0.05, 0.1) is 0 Å². The lowest BCUT2D eigenvalue weighted by atomic mass is 10.1. The maximum absolute atomic E-state index is 4.16. The van der Waals surface area contributed by atoms with Gasteiger partial charge in [0.1, 0.15) is 0 Å². The third-order valence-electron chi connectivity index (χ3n) is 1.99. The molecule has 0 aromatic heterocycles. The minimum atomic E-state index is 1.13. The number of rotatable bonds is 1. The Morgan fingerprint density at radius 2 is 1.71 bits per heavy atom. The molecule has 1 aromatic carbocycles. The highest BCUT2D eigenvalue weighted by Crippen LogP contribution is 2.12. The molecule has 14 heavy (non-hydrogen) atoms. The van der Waals surface area contributed by atoms with E-state index in [0.29, 0.717) is 0 Å². The lowest BCUT2D eigenvalue weighted by Gasteiger charge is -2.00. The van der Waals surface area contributed by atoms with Crippen LogP contribution in [0.15, 0.2) is 65.8 Å². The van der Waals surface area contributed by atoms with Crippen LogP contribution >= 0.6 is 0 Å². The van der Waals surface area contributed by atoms with Crippen LogP contribution in [0.3, 0.4) is 0 Å². The van der Waals surface area contributed by atoms with E-state index in [4.69, 9.17) is 0 Å². The molecule has 0 unspecified atom stereocenters. The Kier molecular flexibility index (Phi) is 2.72. The summed E-state index contributed by atoms with van der Waals surface area (Å²) in [6, 6.07) is 10.2. The van der Waals surface area contributed by atoms with Gasteiger partial charge in [-0.1, -0.05) is 48.6 Å². The molecular formula is C13H11N. The largest absolute Gasteiger partial charge is 0.264 e. The van der Waals surface area contributed by atoms with Crippen molar-refractivity contribution in [3.8, 4) is 0 Å². The lowest BCUT2D eigenvalue weighted by molar-refractivity contribution is 1.57. The first-order chi connectivity index (χ1) is 6.97. The summed E-state index contributed by atoms with van der Waals surface area (Å²) in [4.78, 5) is 4.16. The van der Waals surface area contributed by atoms with Gasteiger partial charge in [-0.3, -0.25) is 4.99 Å². The van der Waals surface area contributed by atoms with E-state index in [9.17, 15) is 0 Å². The molecule has 0 N–H and O–H groups in total. The second-order valence-corrected chi connectivity index (χ2v) is 2.99. The first-order valence-electron chi connectivity index (χ1n) is 4.59. The van der Waals surface area contributed by atoms with Crippen molar-refractivity contribution in [1.29, 1.82) is 0 Å². The Balaban J connectivity index is 2.35. The number of nitrogens with zero attached hydrogens (tertiary/aromatic N) is 1. The van der Waals surface area contributed by atoms with Gasteiger partial charge in [0.2, 0.25) is 0 Å². The van der Waals surface area contributed by atoms with Crippen LogP contribution in [0.2, 0.25) is 0 Å². The minimum Gasteiger partial charge on any atom is -0.264 e. The first kappa shape index (κ1) is 8.70. The molecule has 1 heteroatoms. The molecule has 1 nitrogen and oxygen atoms in total. The summed E-state index contributed by atoms with van der Waals surface area (Å²) < 4.78 is 0. The zero-order chi connectivity index (χ0) is 9.64. The molecule has 1 aliphatic heterocycles. The molecular weight excluding hydrogens is 170 g/mol. The van der Waals surface area contributed by atoms with Crippen LogP contribution in [0.4, 0.5) is 0 Å². The quantitative estimate of drug-likeness (QED) is 0.630. The van der Waals surface area contributed by atoms with Gasteiger partial charge in [-0.2, -0.15) is 0 Å². The van der Waals surface area contributed by atoms with E-state index in [-0.39, 0.29) is 0 Å². The molecule has 0 saturated carbocycles. The number of hydrogen-bond acceptors (Lipinski definition) is 1. The van der Waals surface area contributed by atoms with Crippen molar-refractivity contribution in [2.24, 2.45) is 4.99 Å². The highest BCUT2D eigenvalue weighted by atomic mass is 14.7. The summed E-state index contributed by atoms with van der Waals surface area (Å²) in [7, 11) is 0. The van der Waals surface area contributed by atoms with E-state index in [2.05, 4.69) is 23.2 Å². The molecule has 1 heterocycles. The van der Waals surface area contributed by atoms with Crippen molar-refractivity contribution in [1.82, 2.24) is 0 Å². The van der Waals surface area contributed by atoms with Crippen LogP contribution in [0, 0.1) is 0 Å². The Hall–Kier alpha value is -1.89. The second-order valence-electron chi connectivity index (χ2n) is 2.99.